The second-order valence-electron chi connectivity index (χ2n) is 8.83. The van der Waals surface area contributed by atoms with E-state index in [1.807, 2.05) is 78.3 Å². The molecule has 176 valence electrons. The Hall–Kier alpha value is -3.70. The van der Waals surface area contributed by atoms with Crippen molar-refractivity contribution in [2.24, 2.45) is 0 Å². The highest BCUT2D eigenvalue weighted by Crippen LogP contribution is 2.35. The number of carbonyl (C=O) groups is 1. The summed E-state index contributed by atoms with van der Waals surface area (Å²) in [5, 5.41) is 8.74. The predicted octanol–water partition coefficient (Wildman–Crippen LogP) is 6.68. The van der Waals surface area contributed by atoms with Crippen molar-refractivity contribution in [3.05, 3.63) is 112 Å². The average molecular weight is 483 g/mol. The van der Waals surface area contributed by atoms with E-state index < -0.39 is 0 Å². The van der Waals surface area contributed by atoms with Crippen LogP contribution in [0.4, 0.5) is 0 Å². The minimum absolute atomic E-state index is 0.125. The molecule has 6 heteroatoms. The molecule has 0 radical (unpaired) electrons. The molecule has 0 fully saturated rings. The molecular weight excluding hydrogens is 456 g/mol. The maximum absolute atomic E-state index is 13.5. The molecule has 2 aromatic carbocycles. The molecule has 0 saturated heterocycles. The number of amides is 1. The summed E-state index contributed by atoms with van der Waals surface area (Å²) in [4.78, 5) is 17.7. The standard InChI is InChI=1S/C29H27ClN4O/c1-20(22-7-3-2-4-8-22)32-29(35)27-26-10-6-5-9-23(19-21-11-13-24(30)14-12-21)28(26)34(33-27)25-15-17-31-18-16-25/h2-4,7-8,11-20H,5-6,9-10H2,1H3,(H,32,35)/b23-19+/t20-/m0/s1. The van der Waals surface area contributed by atoms with Crippen LogP contribution < -0.4 is 5.32 Å². The molecular formula is C29H27ClN4O. The topological polar surface area (TPSA) is 59.8 Å². The third kappa shape index (κ3) is 5.05. The van der Waals surface area contributed by atoms with Gasteiger partial charge in [0, 0.05) is 23.0 Å². The summed E-state index contributed by atoms with van der Waals surface area (Å²) in [6, 6.07) is 21.5. The van der Waals surface area contributed by atoms with Crippen LogP contribution in [0.2, 0.25) is 5.02 Å². The molecule has 0 unspecified atom stereocenters. The van der Waals surface area contributed by atoms with Crippen molar-refractivity contribution >= 4 is 29.2 Å². The number of hydrogen-bond donors (Lipinski definition) is 1. The van der Waals surface area contributed by atoms with Crippen molar-refractivity contribution in [1.82, 2.24) is 20.1 Å². The lowest BCUT2D eigenvalue weighted by atomic mass is 10.0. The number of fused-ring (bicyclic) bond motifs is 1. The van der Waals surface area contributed by atoms with Crippen LogP contribution in [0.5, 0.6) is 0 Å². The zero-order valence-corrected chi connectivity index (χ0v) is 20.4. The summed E-state index contributed by atoms with van der Waals surface area (Å²) >= 11 is 6.11. The lowest BCUT2D eigenvalue weighted by Gasteiger charge is -2.14. The first kappa shape index (κ1) is 23.1. The van der Waals surface area contributed by atoms with Crippen molar-refractivity contribution in [3.63, 3.8) is 0 Å². The van der Waals surface area contributed by atoms with E-state index in [2.05, 4.69) is 16.4 Å². The molecule has 4 aromatic rings. The number of nitrogens with zero attached hydrogens (tertiary/aromatic N) is 3. The molecule has 0 spiro atoms. The highest BCUT2D eigenvalue weighted by Gasteiger charge is 2.28. The normalized spacial score (nSPS) is 15.3. The Labute approximate surface area is 210 Å². The molecule has 2 aromatic heterocycles. The molecule has 0 bridgehead atoms. The van der Waals surface area contributed by atoms with Crippen LogP contribution in [-0.4, -0.2) is 20.7 Å². The molecule has 1 atom stereocenters. The Balaban J connectivity index is 1.60. The third-order valence-electron chi connectivity index (χ3n) is 6.39. The molecule has 5 rings (SSSR count). The predicted molar refractivity (Wildman–Crippen MR) is 141 cm³/mol. The van der Waals surface area contributed by atoms with Crippen molar-refractivity contribution in [2.75, 3.05) is 0 Å². The van der Waals surface area contributed by atoms with E-state index in [9.17, 15) is 4.79 Å². The lowest BCUT2D eigenvalue weighted by Crippen LogP contribution is -2.28. The van der Waals surface area contributed by atoms with Crippen LogP contribution in [0.3, 0.4) is 0 Å². The maximum Gasteiger partial charge on any atom is 0.272 e. The number of allylic oxidation sites excluding steroid dienone is 1. The highest BCUT2D eigenvalue weighted by atomic mass is 35.5. The molecule has 1 amide bonds. The zero-order valence-electron chi connectivity index (χ0n) is 19.6. The van der Waals surface area contributed by atoms with E-state index in [1.54, 1.807) is 12.4 Å². The molecule has 2 heterocycles. The number of aromatic nitrogens is 3. The summed E-state index contributed by atoms with van der Waals surface area (Å²) in [6.45, 7) is 2.00. The van der Waals surface area contributed by atoms with E-state index in [0.29, 0.717) is 10.7 Å². The van der Waals surface area contributed by atoms with Gasteiger partial charge in [0.2, 0.25) is 0 Å². The second-order valence-corrected chi connectivity index (χ2v) is 9.26. The van der Waals surface area contributed by atoms with Crippen molar-refractivity contribution < 1.29 is 4.79 Å². The number of rotatable bonds is 5. The molecule has 1 aliphatic rings. The molecule has 1 aliphatic carbocycles. The van der Waals surface area contributed by atoms with Gasteiger partial charge < -0.3 is 5.32 Å². The summed E-state index contributed by atoms with van der Waals surface area (Å²) in [7, 11) is 0. The first-order chi connectivity index (χ1) is 17.1. The first-order valence-electron chi connectivity index (χ1n) is 11.9. The van der Waals surface area contributed by atoms with E-state index in [-0.39, 0.29) is 11.9 Å². The molecule has 5 nitrogen and oxygen atoms in total. The number of pyridine rings is 1. The highest BCUT2D eigenvalue weighted by molar-refractivity contribution is 6.30. The van der Waals surface area contributed by atoms with Gasteiger partial charge in [-0.1, -0.05) is 54.1 Å². The van der Waals surface area contributed by atoms with Gasteiger partial charge in [-0.2, -0.15) is 5.10 Å². The van der Waals surface area contributed by atoms with Gasteiger partial charge in [0.1, 0.15) is 0 Å². The van der Waals surface area contributed by atoms with Gasteiger partial charge in [-0.15, -0.1) is 0 Å². The van der Waals surface area contributed by atoms with E-state index in [1.165, 1.54) is 5.57 Å². The summed E-state index contributed by atoms with van der Waals surface area (Å²) in [5.41, 5.74) is 6.67. The summed E-state index contributed by atoms with van der Waals surface area (Å²) < 4.78 is 1.91. The molecule has 0 saturated carbocycles. The van der Waals surface area contributed by atoms with Crippen LogP contribution >= 0.6 is 11.6 Å². The molecule has 1 N–H and O–H groups in total. The zero-order chi connectivity index (χ0) is 24.2. The molecule has 35 heavy (non-hydrogen) atoms. The first-order valence-corrected chi connectivity index (χ1v) is 12.3. The fourth-order valence-corrected chi connectivity index (χ4v) is 4.72. The number of halogens is 1. The Bertz CT molecular complexity index is 1340. The van der Waals surface area contributed by atoms with E-state index in [0.717, 1.165) is 53.8 Å². The number of hydrogen-bond acceptors (Lipinski definition) is 3. The quantitative estimate of drug-likeness (QED) is 0.323. The van der Waals surface area contributed by atoms with Gasteiger partial charge in [-0.05, 0) is 79.6 Å². The minimum Gasteiger partial charge on any atom is -0.344 e. The SMILES string of the molecule is C[C@H](NC(=O)c1nn(-c2ccncc2)c2c1CCCC/C2=C\c1ccc(Cl)cc1)c1ccccc1. The Morgan fingerprint density at radius 2 is 1.71 bits per heavy atom. The lowest BCUT2D eigenvalue weighted by molar-refractivity contribution is 0.0933. The maximum atomic E-state index is 13.5. The van der Waals surface area contributed by atoms with Gasteiger partial charge >= 0.3 is 0 Å². The fraction of sp³-hybridized carbons (Fsp3) is 0.207. The number of nitrogens with one attached hydrogen (secondary N) is 1. The van der Waals surface area contributed by atoms with Gasteiger partial charge in [-0.3, -0.25) is 9.78 Å². The average Bonchev–Trinajstić information content (AvgIpc) is 3.16. The smallest absolute Gasteiger partial charge is 0.272 e. The Morgan fingerprint density at radius 3 is 2.46 bits per heavy atom. The Kier molecular flexibility index (Phi) is 6.77. The number of benzene rings is 2. The van der Waals surface area contributed by atoms with Crippen LogP contribution in [0.25, 0.3) is 17.3 Å². The van der Waals surface area contributed by atoms with Gasteiger partial charge in [0.15, 0.2) is 5.69 Å². The molecule has 0 aliphatic heterocycles. The van der Waals surface area contributed by atoms with Crippen LogP contribution in [-0.2, 0) is 6.42 Å². The van der Waals surface area contributed by atoms with Gasteiger partial charge in [-0.25, -0.2) is 4.68 Å². The second kappa shape index (κ2) is 10.3. The van der Waals surface area contributed by atoms with Crippen LogP contribution in [0.1, 0.15) is 65.1 Å². The minimum atomic E-state index is -0.154. The fourth-order valence-electron chi connectivity index (χ4n) is 4.60. The van der Waals surface area contributed by atoms with E-state index >= 15 is 0 Å². The summed E-state index contributed by atoms with van der Waals surface area (Å²) in [6.07, 6.45) is 9.45. The van der Waals surface area contributed by atoms with Crippen molar-refractivity contribution in [2.45, 2.75) is 38.6 Å². The monoisotopic (exact) mass is 482 g/mol. The van der Waals surface area contributed by atoms with Crippen molar-refractivity contribution in [3.8, 4) is 5.69 Å². The van der Waals surface area contributed by atoms with Gasteiger partial charge in [0.05, 0.1) is 17.4 Å². The van der Waals surface area contributed by atoms with Crippen LogP contribution in [0, 0.1) is 0 Å². The third-order valence-corrected chi connectivity index (χ3v) is 6.64. The van der Waals surface area contributed by atoms with Crippen molar-refractivity contribution in [1.29, 1.82) is 0 Å². The summed E-state index contributed by atoms with van der Waals surface area (Å²) in [5.74, 6) is -0.154. The Morgan fingerprint density at radius 1 is 1.00 bits per heavy atom. The van der Waals surface area contributed by atoms with Gasteiger partial charge in [0.25, 0.3) is 5.91 Å². The largest absolute Gasteiger partial charge is 0.344 e. The number of carbonyl (C=O) groups excluding carboxylic acids is 1. The van der Waals surface area contributed by atoms with Crippen LogP contribution in [0.15, 0.2) is 79.1 Å². The van der Waals surface area contributed by atoms with E-state index in [4.69, 9.17) is 16.7 Å².